The summed E-state index contributed by atoms with van der Waals surface area (Å²) < 4.78 is 26.5. The Bertz CT molecular complexity index is 439. The van der Waals surface area contributed by atoms with E-state index in [9.17, 15) is 8.78 Å². The maximum atomic E-state index is 13.5. The Kier molecular flexibility index (Phi) is 1.40. The fourth-order valence-corrected chi connectivity index (χ4v) is 2.44. The van der Waals surface area contributed by atoms with Crippen molar-refractivity contribution in [1.29, 1.82) is 0 Å². The highest BCUT2D eigenvalue weighted by atomic mass is 19.1. The van der Waals surface area contributed by atoms with E-state index in [0.717, 1.165) is 11.6 Å². The van der Waals surface area contributed by atoms with Crippen LogP contribution in [0.1, 0.15) is 23.2 Å². The molecule has 1 aromatic carbocycles. The molecule has 1 nitrogen and oxygen atoms in total. The van der Waals surface area contributed by atoms with Crippen LogP contribution < -0.4 is 0 Å². The van der Waals surface area contributed by atoms with Crippen molar-refractivity contribution >= 4 is 0 Å². The molecule has 0 saturated heterocycles. The second kappa shape index (κ2) is 2.42. The lowest BCUT2D eigenvalue weighted by Crippen LogP contribution is -2.13. The van der Waals surface area contributed by atoms with E-state index in [1.54, 1.807) is 0 Å². The van der Waals surface area contributed by atoms with Gasteiger partial charge in [0, 0.05) is 11.6 Å². The third-order valence-electron chi connectivity index (χ3n) is 3.09. The molecule has 2 aliphatic rings. The van der Waals surface area contributed by atoms with E-state index in [4.69, 9.17) is 0 Å². The molecule has 2 bridgehead atoms. The summed E-state index contributed by atoms with van der Waals surface area (Å²) in [5, 5.41) is 0. The van der Waals surface area contributed by atoms with Gasteiger partial charge in [0.2, 0.25) is 0 Å². The average molecular weight is 193 g/mol. The van der Waals surface area contributed by atoms with E-state index in [2.05, 4.69) is 0 Å². The minimum Gasteiger partial charge on any atom is -0.285 e. The summed E-state index contributed by atoms with van der Waals surface area (Å²) in [5.41, 5.74) is 1.42. The molecule has 2 atom stereocenters. The second-order valence-corrected chi connectivity index (χ2v) is 3.83. The van der Waals surface area contributed by atoms with Gasteiger partial charge in [-0.25, -0.2) is 8.78 Å². The van der Waals surface area contributed by atoms with Gasteiger partial charge in [0.1, 0.15) is 11.6 Å². The molecule has 1 aromatic rings. The number of benzene rings is 1. The molecule has 2 heterocycles. The third-order valence-corrected chi connectivity index (χ3v) is 3.09. The van der Waals surface area contributed by atoms with E-state index < -0.39 is 11.6 Å². The fraction of sp³-hybridized carbons (Fsp3) is 0.273. The van der Waals surface area contributed by atoms with Crippen LogP contribution in [0, 0.1) is 11.6 Å². The third kappa shape index (κ3) is 0.805. The van der Waals surface area contributed by atoms with Crippen molar-refractivity contribution in [2.45, 2.75) is 12.1 Å². The molecule has 0 N–H and O–H groups in total. The largest absolute Gasteiger partial charge is 0.285 e. The van der Waals surface area contributed by atoms with Crippen molar-refractivity contribution in [3.8, 4) is 0 Å². The van der Waals surface area contributed by atoms with Crippen LogP contribution in [0.25, 0.3) is 0 Å². The standard InChI is InChI=1S/C11H9F2N/c1-14-9-2-3-10(14)11-7(9)4-6(12)5-8(11)13/h2-5,9-10H,1H3/t9-,10+/m1/s1. The summed E-state index contributed by atoms with van der Waals surface area (Å²) in [7, 11) is 1.92. The van der Waals surface area contributed by atoms with E-state index >= 15 is 0 Å². The lowest BCUT2D eigenvalue weighted by Gasteiger charge is -2.14. The molecule has 0 unspecified atom stereocenters. The summed E-state index contributed by atoms with van der Waals surface area (Å²) in [6.07, 6.45) is 3.96. The summed E-state index contributed by atoms with van der Waals surface area (Å²) in [4.78, 5) is 2.03. The molecular formula is C11H9F2N. The highest BCUT2D eigenvalue weighted by molar-refractivity contribution is 5.47. The van der Waals surface area contributed by atoms with Gasteiger partial charge in [0.05, 0.1) is 12.1 Å². The zero-order valence-electron chi connectivity index (χ0n) is 7.67. The van der Waals surface area contributed by atoms with Gasteiger partial charge in [0.25, 0.3) is 0 Å². The minimum absolute atomic E-state index is 0.00407. The first kappa shape index (κ1) is 8.12. The van der Waals surface area contributed by atoms with Crippen molar-refractivity contribution in [2.75, 3.05) is 7.05 Å². The summed E-state index contributed by atoms with van der Waals surface area (Å²) in [6.45, 7) is 0. The van der Waals surface area contributed by atoms with Crippen LogP contribution in [-0.2, 0) is 0 Å². The number of nitrogens with zero attached hydrogens (tertiary/aromatic N) is 1. The van der Waals surface area contributed by atoms with Crippen LogP contribution in [0.2, 0.25) is 0 Å². The summed E-state index contributed by atoms with van der Waals surface area (Å²) in [6, 6.07) is 2.44. The highest BCUT2D eigenvalue weighted by Crippen LogP contribution is 2.48. The fourth-order valence-electron chi connectivity index (χ4n) is 2.44. The maximum absolute atomic E-state index is 13.5. The Labute approximate surface area is 80.6 Å². The van der Waals surface area contributed by atoms with E-state index in [-0.39, 0.29) is 12.1 Å². The second-order valence-electron chi connectivity index (χ2n) is 3.83. The zero-order chi connectivity index (χ0) is 9.87. The SMILES string of the molecule is CN1[C@@H]2C=C[C@H]1c1c(F)cc(F)cc12. The number of fused-ring (bicyclic) bond motifs is 5. The molecule has 0 spiro atoms. The van der Waals surface area contributed by atoms with E-state index in [1.165, 1.54) is 6.07 Å². The van der Waals surface area contributed by atoms with Crippen LogP contribution in [0.3, 0.4) is 0 Å². The first-order valence-corrected chi connectivity index (χ1v) is 4.57. The number of hydrogen-bond acceptors (Lipinski definition) is 1. The number of hydrogen-bond donors (Lipinski definition) is 0. The van der Waals surface area contributed by atoms with Crippen molar-refractivity contribution in [3.63, 3.8) is 0 Å². The van der Waals surface area contributed by atoms with E-state index in [1.807, 2.05) is 24.1 Å². The lowest BCUT2D eigenvalue weighted by molar-refractivity contribution is 0.297. The molecule has 72 valence electrons. The molecule has 0 amide bonds. The molecule has 0 aliphatic carbocycles. The molecular weight excluding hydrogens is 184 g/mol. The highest BCUT2D eigenvalue weighted by Gasteiger charge is 2.39. The molecule has 0 radical (unpaired) electrons. The van der Waals surface area contributed by atoms with Gasteiger partial charge < -0.3 is 0 Å². The van der Waals surface area contributed by atoms with Crippen LogP contribution in [-0.4, -0.2) is 11.9 Å². The van der Waals surface area contributed by atoms with Crippen molar-refractivity contribution in [3.05, 3.63) is 47.0 Å². The minimum atomic E-state index is -0.490. The van der Waals surface area contributed by atoms with Crippen LogP contribution in [0.4, 0.5) is 8.78 Å². The Morgan fingerprint density at radius 3 is 2.64 bits per heavy atom. The van der Waals surface area contributed by atoms with Crippen LogP contribution >= 0.6 is 0 Å². The van der Waals surface area contributed by atoms with Crippen LogP contribution in [0.15, 0.2) is 24.3 Å². The van der Waals surface area contributed by atoms with Crippen molar-refractivity contribution in [2.24, 2.45) is 0 Å². The normalized spacial score (nSPS) is 28.5. The molecule has 3 heteroatoms. The number of rotatable bonds is 0. The first-order chi connectivity index (χ1) is 6.68. The van der Waals surface area contributed by atoms with Gasteiger partial charge in [-0.15, -0.1) is 0 Å². The lowest BCUT2D eigenvalue weighted by atomic mass is 9.96. The molecule has 0 aromatic heterocycles. The smallest absolute Gasteiger partial charge is 0.131 e. The Hall–Kier alpha value is -1.22. The van der Waals surface area contributed by atoms with Crippen LogP contribution in [0.5, 0.6) is 0 Å². The van der Waals surface area contributed by atoms with E-state index in [0.29, 0.717) is 5.56 Å². The Morgan fingerprint density at radius 2 is 1.86 bits per heavy atom. The quantitative estimate of drug-likeness (QED) is 0.572. The van der Waals surface area contributed by atoms with Gasteiger partial charge in [0.15, 0.2) is 0 Å². The van der Waals surface area contributed by atoms with Gasteiger partial charge in [-0.05, 0) is 18.7 Å². The predicted molar refractivity (Wildman–Crippen MR) is 48.7 cm³/mol. The first-order valence-electron chi connectivity index (χ1n) is 4.57. The number of likely N-dealkylation sites (N-methyl/N-ethyl adjacent to an activating group) is 1. The molecule has 3 rings (SSSR count). The van der Waals surface area contributed by atoms with Gasteiger partial charge in [-0.3, -0.25) is 4.90 Å². The molecule has 0 saturated carbocycles. The monoisotopic (exact) mass is 193 g/mol. The summed E-state index contributed by atoms with van der Waals surface area (Å²) >= 11 is 0. The Balaban J connectivity index is 2.27. The molecule has 2 aliphatic heterocycles. The molecule has 0 fully saturated rings. The maximum Gasteiger partial charge on any atom is 0.131 e. The van der Waals surface area contributed by atoms with Gasteiger partial charge in [-0.2, -0.15) is 0 Å². The predicted octanol–water partition coefficient (Wildman–Crippen LogP) is 2.56. The topological polar surface area (TPSA) is 3.24 Å². The zero-order valence-corrected chi connectivity index (χ0v) is 7.67. The number of halogens is 2. The van der Waals surface area contributed by atoms with Gasteiger partial charge in [-0.1, -0.05) is 12.2 Å². The average Bonchev–Trinajstić information content (AvgIpc) is 2.59. The Morgan fingerprint density at radius 1 is 1.14 bits per heavy atom. The van der Waals surface area contributed by atoms with Gasteiger partial charge >= 0.3 is 0 Å². The van der Waals surface area contributed by atoms with Crippen molar-refractivity contribution < 1.29 is 8.78 Å². The summed E-state index contributed by atoms with van der Waals surface area (Å²) in [5.74, 6) is -0.917. The van der Waals surface area contributed by atoms with Crippen molar-refractivity contribution in [1.82, 2.24) is 4.90 Å². The molecule has 14 heavy (non-hydrogen) atoms.